The normalized spacial score (nSPS) is 11.5. The van der Waals surface area contributed by atoms with Crippen LogP contribution in [0.25, 0.3) is 0 Å². The molecule has 5 nitrogen and oxygen atoms in total. The lowest BCUT2D eigenvalue weighted by Gasteiger charge is -2.19. The molecule has 0 unspecified atom stereocenters. The van der Waals surface area contributed by atoms with Crippen LogP contribution < -0.4 is 4.74 Å². The second kappa shape index (κ2) is 6.60. The molecule has 2 aromatic rings. The molecule has 0 fully saturated rings. The van der Waals surface area contributed by atoms with Crippen molar-refractivity contribution in [2.24, 2.45) is 5.41 Å². The predicted octanol–water partition coefficient (Wildman–Crippen LogP) is 4.20. The zero-order valence-electron chi connectivity index (χ0n) is 13.1. The number of carbonyl (C=O) groups is 1. The first-order valence-corrected chi connectivity index (χ1v) is 7.89. The van der Waals surface area contributed by atoms with E-state index in [1.54, 1.807) is 12.1 Å². The van der Waals surface area contributed by atoms with Crippen molar-refractivity contribution in [1.29, 1.82) is 0 Å². The maximum atomic E-state index is 12.5. The van der Waals surface area contributed by atoms with E-state index in [0.29, 0.717) is 29.5 Å². The van der Waals surface area contributed by atoms with Gasteiger partial charge in [0.15, 0.2) is 12.4 Å². The molecular formula is C16H19BrN2O3. The summed E-state index contributed by atoms with van der Waals surface area (Å²) in [6, 6.07) is 5.37. The lowest BCUT2D eigenvalue weighted by molar-refractivity contribution is 0.0852. The summed E-state index contributed by atoms with van der Waals surface area (Å²) in [6.07, 6.45) is 0.680. The first kappa shape index (κ1) is 16.7. The van der Waals surface area contributed by atoms with Gasteiger partial charge in [-0.25, -0.2) is 0 Å². The van der Waals surface area contributed by atoms with Gasteiger partial charge < -0.3 is 9.15 Å². The van der Waals surface area contributed by atoms with Crippen LogP contribution in [0.2, 0.25) is 0 Å². The third kappa shape index (κ3) is 3.94. The highest BCUT2D eigenvalue weighted by Gasteiger charge is 2.26. The fourth-order valence-electron chi connectivity index (χ4n) is 1.84. The number of aryl methyl sites for hydroxylation is 1. The number of nitrogens with zero attached hydrogens (tertiary/aromatic N) is 2. The second-order valence-electron chi connectivity index (χ2n) is 5.95. The number of ketones is 1. The van der Waals surface area contributed by atoms with Gasteiger partial charge in [0.05, 0.1) is 5.56 Å². The molecule has 0 bridgehead atoms. The van der Waals surface area contributed by atoms with Gasteiger partial charge in [-0.2, -0.15) is 0 Å². The van der Waals surface area contributed by atoms with Gasteiger partial charge >= 0.3 is 0 Å². The molecule has 0 radical (unpaired) electrons. The van der Waals surface area contributed by atoms with E-state index in [9.17, 15) is 4.79 Å². The summed E-state index contributed by atoms with van der Waals surface area (Å²) >= 11 is 3.39. The fraction of sp³-hybridized carbons (Fsp3) is 0.438. The Bertz CT molecular complexity index is 674. The van der Waals surface area contributed by atoms with Crippen molar-refractivity contribution in [1.82, 2.24) is 10.2 Å². The predicted molar refractivity (Wildman–Crippen MR) is 85.9 cm³/mol. The number of hydrogen-bond acceptors (Lipinski definition) is 5. The van der Waals surface area contributed by atoms with Crippen LogP contribution >= 0.6 is 15.9 Å². The van der Waals surface area contributed by atoms with Gasteiger partial charge in [0.25, 0.3) is 5.89 Å². The van der Waals surface area contributed by atoms with Crippen molar-refractivity contribution in [3.63, 3.8) is 0 Å². The molecule has 0 saturated carbocycles. The third-order valence-corrected chi connectivity index (χ3v) is 3.52. The average Bonchev–Trinajstić information content (AvgIpc) is 2.92. The number of rotatable bonds is 5. The van der Waals surface area contributed by atoms with E-state index in [1.165, 1.54) is 0 Å². The topological polar surface area (TPSA) is 65.2 Å². The second-order valence-corrected chi connectivity index (χ2v) is 6.87. The Morgan fingerprint density at radius 2 is 1.95 bits per heavy atom. The number of aromatic nitrogens is 2. The van der Waals surface area contributed by atoms with Crippen molar-refractivity contribution < 1.29 is 13.9 Å². The van der Waals surface area contributed by atoms with Crippen LogP contribution in [0, 0.1) is 5.41 Å². The van der Waals surface area contributed by atoms with E-state index >= 15 is 0 Å². The molecular weight excluding hydrogens is 348 g/mol. The standard InChI is InChI=1S/C16H19BrN2O3/c1-5-13-18-19-14(22-13)9-21-12-7-6-10(17)8-11(12)15(20)16(2,3)4/h6-8H,5,9H2,1-4H3. The lowest BCUT2D eigenvalue weighted by Crippen LogP contribution is -2.21. The number of carbonyl (C=O) groups excluding carboxylic acids is 1. The quantitative estimate of drug-likeness (QED) is 0.741. The maximum Gasteiger partial charge on any atom is 0.253 e. The first-order valence-electron chi connectivity index (χ1n) is 7.09. The minimum absolute atomic E-state index is 0.0172. The summed E-state index contributed by atoms with van der Waals surface area (Å²) in [5, 5.41) is 7.79. The van der Waals surface area contributed by atoms with Crippen LogP contribution in [-0.4, -0.2) is 16.0 Å². The first-order chi connectivity index (χ1) is 10.3. The van der Waals surface area contributed by atoms with Gasteiger partial charge in [0.1, 0.15) is 5.75 Å². The molecule has 0 aliphatic heterocycles. The molecule has 6 heteroatoms. The number of halogens is 1. The lowest BCUT2D eigenvalue weighted by atomic mass is 9.86. The smallest absolute Gasteiger partial charge is 0.253 e. The van der Waals surface area contributed by atoms with E-state index in [4.69, 9.17) is 9.15 Å². The van der Waals surface area contributed by atoms with Crippen LogP contribution in [0.3, 0.4) is 0 Å². The molecule has 118 valence electrons. The molecule has 1 heterocycles. The van der Waals surface area contributed by atoms with Crippen LogP contribution in [0.5, 0.6) is 5.75 Å². The number of Topliss-reactive ketones (excluding diaryl/α,β-unsaturated/α-hetero) is 1. The minimum Gasteiger partial charge on any atom is -0.483 e. The summed E-state index contributed by atoms with van der Waals surface area (Å²) in [5.41, 5.74) is 0.0517. The van der Waals surface area contributed by atoms with Crippen molar-refractivity contribution in [3.05, 3.63) is 40.0 Å². The SMILES string of the molecule is CCc1nnc(COc2ccc(Br)cc2C(=O)C(C)(C)C)o1. The van der Waals surface area contributed by atoms with Gasteiger partial charge in [-0.1, -0.05) is 43.6 Å². The molecule has 0 N–H and O–H groups in total. The molecule has 22 heavy (non-hydrogen) atoms. The molecule has 0 spiro atoms. The summed E-state index contributed by atoms with van der Waals surface area (Å²) in [6.45, 7) is 7.72. The van der Waals surface area contributed by atoms with Crippen LogP contribution in [0.4, 0.5) is 0 Å². The third-order valence-electron chi connectivity index (χ3n) is 3.03. The van der Waals surface area contributed by atoms with E-state index in [2.05, 4.69) is 26.1 Å². The van der Waals surface area contributed by atoms with E-state index in [1.807, 2.05) is 33.8 Å². The summed E-state index contributed by atoms with van der Waals surface area (Å²) in [4.78, 5) is 12.5. The van der Waals surface area contributed by atoms with E-state index in [-0.39, 0.29) is 12.4 Å². The fourth-order valence-corrected chi connectivity index (χ4v) is 2.20. The Morgan fingerprint density at radius 3 is 2.55 bits per heavy atom. The summed E-state index contributed by atoms with van der Waals surface area (Å²) < 4.78 is 12.0. The molecule has 0 atom stereocenters. The van der Waals surface area contributed by atoms with Gasteiger partial charge in [-0.15, -0.1) is 10.2 Å². The van der Waals surface area contributed by atoms with E-state index in [0.717, 1.165) is 4.47 Å². The monoisotopic (exact) mass is 366 g/mol. The minimum atomic E-state index is -0.487. The Morgan fingerprint density at radius 1 is 1.27 bits per heavy atom. The number of benzene rings is 1. The zero-order chi connectivity index (χ0) is 16.3. The van der Waals surface area contributed by atoms with Crippen LogP contribution in [0.15, 0.2) is 27.1 Å². The highest BCUT2D eigenvalue weighted by Crippen LogP contribution is 2.30. The molecule has 0 amide bonds. The van der Waals surface area contributed by atoms with Crippen molar-refractivity contribution in [2.75, 3.05) is 0 Å². The van der Waals surface area contributed by atoms with Gasteiger partial charge in [0.2, 0.25) is 5.89 Å². The highest BCUT2D eigenvalue weighted by molar-refractivity contribution is 9.10. The molecule has 0 aliphatic rings. The Kier molecular flexibility index (Phi) is 5.01. The van der Waals surface area contributed by atoms with Gasteiger partial charge in [-0.3, -0.25) is 4.79 Å². The summed E-state index contributed by atoms with van der Waals surface area (Å²) in [5.74, 6) is 1.50. The van der Waals surface area contributed by atoms with Crippen molar-refractivity contribution >= 4 is 21.7 Å². The van der Waals surface area contributed by atoms with Crippen LogP contribution in [0.1, 0.15) is 49.8 Å². The van der Waals surface area contributed by atoms with Crippen LogP contribution in [-0.2, 0) is 13.0 Å². The maximum absolute atomic E-state index is 12.5. The Labute approximate surface area is 138 Å². The molecule has 0 aliphatic carbocycles. The average molecular weight is 367 g/mol. The zero-order valence-corrected chi connectivity index (χ0v) is 14.7. The molecule has 2 rings (SSSR count). The Hall–Kier alpha value is -1.69. The highest BCUT2D eigenvalue weighted by atomic mass is 79.9. The summed E-state index contributed by atoms with van der Waals surface area (Å²) in [7, 11) is 0. The Balaban J connectivity index is 2.21. The van der Waals surface area contributed by atoms with Crippen molar-refractivity contribution in [2.45, 2.75) is 40.7 Å². The molecule has 1 aromatic carbocycles. The van der Waals surface area contributed by atoms with Crippen molar-refractivity contribution in [3.8, 4) is 5.75 Å². The van der Waals surface area contributed by atoms with E-state index < -0.39 is 5.41 Å². The molecule has 1 aromatic heterocycles. The largest absolute Gasteiger partial charge is 0.483 e. The van der Waals surface area contributed by atoms with Gasteiger partial charge in [-0.05, 0) is 18.2 Å². The number of ether oxygens (including phenoxy) is 1. The number of hydrogen-bond donors (Lipinski definition) is 0. The molecule has 0 saturated heterocycles. The van der Waals surface area contributed by atoms with Gasteiger partial charge in [0, 0.05) is 16.3 Å².